The molecule has 0 aromatic heterocycles. The molecule has 0 radical (unpaired) electrons. The van der Waals surface area contributed by atoms with Gasteiger partial charge in [-0.05, 0) is 6.92 Å². The second kappa shape index (κ2) is 2.51. The molecule has 1 unspecified atom stereocenters. The molecule has 1 aliphatic carbocycles. The summed E-state index contributed by atoms with van der Waals surface area (Å²) in [5.41, 5.74) is -0.750. The molecule has 2 N–H and O–H groups in total. The molecule has 3 heteroatoms. The molecule has 1 rings (SSSR count). The number of rotatable bonds is 1. The Bertz CT molecular complexity index is 236. The van der Waals surface area contributed by atoms with E-state index in [9.17, 15) is 9.90 Å². The summed E-state index contributed by atoms with van der Waals surface area (Å²) in [6, 6.07) is 0. The van der Waals surface area contributed by atoms with Crippen molar-refractivity contribution >= 4 is 5.97 Å². The van der Waals surface area contributed by atoms with Crippen LogP contribution in [0.2, 0.25) is 0 Å². The molecular formula is C8H10O3. The highest BCUT2D eigenvalue weighted by atomic mass is 16.4. The van der Waals surface area contributed by atoms with Crippen LogP contribution in [-0.2, 0) is 4.79 Å². The van der Waals surface area contributed by atoms with Crippen LogP contribution in [0.3, 0.4) is 0 Å². The second-order valence-corrected chi connectivity index (χ2v) is 2.89. The van der Waals surface area contributed by atoms with Gasteiger partial charge in [-0.3, -0.25) is 0 Å². The van der Waals surface area contributed by atoms with Crippen LogP contribution >= 0.6 is 0 Å². The third-order valence-electron chi connectivity index (χ3n) is 1.58. The Hall–Kier alpha value is -1.09. The number of hydrogen-bond acceptors (Lipinski definition) is 2. The number of allylic oxidation sites excluding steroid dienone is 2. The summed E-state index contributed by atoms with van der Waals surface area (Å²) in [5.74, 6) is -0.963. The molecule has 60 valence electrons. The van der Waals surface area contributed by atoms with Crippen molar-refractivity contribution in [1.29, 1.82) is 0 Å². The van der Waals surface area contributed by atoms with Crippen molar-refractivity contribution in [3.8, 4) is 0 Å². The minimum Gasteiger partial charge on any atom is -0.478 e. The topological polar surface area (TPSA) is 57.5 Å². The van der Waals surface area contributed by atoms with E-state index in [1.165, 1.54) is 6.08 Å². The van der Waals surface area contributed by atoms with Crippen molar-refractivity contribution in [3.05, 3.63) is 23.8 Å². The summed E-state index contributed by atoms with van der Waals surface area (Å²) >= 11 is 0. The van der Waals surface area contributed by atoms with Crippen LogP contribution in [0.25, 0.3) is 0 Å². The number of carbonyl (C=O) groups is 1. The van der Waals surface area contributed by atoms with E-state index in [4.69, 9.17) is 5.11 Å². The molecule has 1 atom stereocenters. The highest BCUT2D eigenvalue weighted by Gasteiger charge is 2.23. The number of carboxylic acid groups (broad SMARTS) is 1. The Morgan fingerprint density at radius 1 is 1.73 bits per heavy atom. The zero-order valence-electron chi connectivity index (χ0n) is 6.24. The average Bonchev–Trinajstić information content (AvgIpc) is 1.85. The highest BCUT2D eigenvalue weighted by molar-refractivity contribution is 5.87. The van der Waals surface area contributed by atoms with E-state index >= 15 is 0 Å². The fraction of sp³-hybridized carbons (Fsp3) is 0.375. The average molecular weight is 154 g/mol. The van der Waals surface area contributed by atoms with Gasteiger partial charge >= 0.3 is 5.97 Å². The molecule has 0 spiro atoms. The molecule has 0 heterocycles. The van der Waals surface area contributed by atoms with Gasteiger partial charge in [-0.1, -0.05) is 18.2 Å². The molecule has 1 aliphatic rings. The Kier molecular flexibility index (Phi) is 1.83. The van der Waals surface area contributed by atoms with Gasteiger partial charge in [0.25, 0.3) is 0 Å². The van der Waals surface area contributed by atoms with E-state index in [2.05, 4.69) is 0 Å². The fourth-order valence-corrected chi connectivity index (χ4v) is 1.02. The highest BCUT2D eigenvalue weighted by Crippen LogP contribution is 2.21. The van der Waals surface area contributed by atoms with Crippen LogP contribution < -0.4 is 0 Å². The maximum absolute atomic E-state index is 10.4. The molecule has 0 aliphatic heterocycles. The summed E-state index contributed by atoms with van der Waals surface area (Å²) in [5, 5.41) is 18.0. The van der Waals surface area contributed by atoms with Crippen molar-refractivity contribution in [1.82, 2.24) is 0 Å². The molecule has 11 heavy (non-hydrogen) atoms. The molecule has 3 nitrogen and oxygen atoms in total. The monoisotopic (exact) mass is 154 g/mol. The standard InChI is InChI=1S/C8H10O3/c1-8(11)4-2-3-6(5-8)7(9)10/h2-4,11H,5H2,1H3,(H,9,10). The Labute approximate surface area is 64.7 Å². The van der Waals surface area contributed by atoms with Gasteiger partial charge in [0.15, 0.2) is 0 Å². The number of hydrogen-bond donors (Lipinski definition) is 2. The predicted molar refractivity (Wildman–Crippen MR) is 40.1 cm³/mol. The summed E-state index contributed by atoms with van der Waals surface area (Å²) in [6.07, 6.45) is 4.82. The zero-order valence-corrected chi connectivity index (χ0v) is 6.24. The fourth-order valence-electron chi connectivity index (χ4n) is 1.02. The minimum atomic E-state index is -0.998. The van der Waals surface area contributed by atoms with Gasteiger partial charge in [0.05, 0.1) is 5.60 Å². The van der Waals surface area contributed by atoms with Crippen molar-refractivity contribution in [2.24, 2.45) is 0 Å². The smallest absolute Gasteiger partial charge is 0.331 e. The normalized spacial score (nSPS) is 29.8. The first-order valence-electron chi connectivity index (χ1n) is 3.35. The summed E-state index contributed by atoms with van der Waals surface area (Å²) < 4.78 is 0. The van der Waals surface area contributed by atoms with Crippen LogP contribution in [-0.4, -0.2) is 21.8 Å². The van der Waals surface area contributed by atoms with Gasteiger partial charge in [0, 0.05) is 12.0 Å². The van der Waals surface area contributed by atoms with Gasteiger partial charge < -0.3 is 10.2 Å². The van der Waals surface area contributed by atoms with Gasteiger partial charge in [-0.25, -0.2) is 4.79 Å². The first-order chi connectivity index (χ1) is 5.01. The van der Waals surface area contributed by atoms with E-state index in [0.29, 0.717) is 0 Å². The number of aliphatic hydroxyl groups is 1. The van der Waals surface area contributed by atoms with Crippen LogP contribution in [0.4, 0.5) is 0 Å². The quantitative estimate of drug-likeness (QED) is 0.584. The van der Waals surface area contributed by atoms with Crippen LogP contribution in [0.5, 0.6) is 0 Å². The molecule has 0 aromatic carbocycles. The van der Waals surface area contributed by atoms with E-state index < -0.39 is 11.6 Å². The number of aliphatic carboxylic acids is 1. The van der Waals surface area contributed by atoms with Gasteiger partial charge in [0.1, 0.15) is 0 Å². The number of carboxylic acids is 1. The Morgan fingerprint density at radius 3 is 2.73 bits per heavy atom. The Balaban J connectivity index is 2.81. The van der Waals surface area contributed by atoms with E-state index in [-0.39, 0.29) is 12.0 Å². The second-order valence-electron chi connectivity index (χ2n) is 2.89. The summed E-state index contributed by atoms with van der Waals surface area (Å²) in [6.45, 7) is 1.58. The van der Waals surface area contributed by atoms with Crippen molar-refractivity contribution < 1.29 is 15.0 Å². The molecule has 0 saturated carbocycles. The van der Waals surface area contributed by atoms with E-state index in [1.54, 1.807) is 19.1 Å². The third-order valence-corrected chi connectivity index (χ3v) is 1.58. The first kappa shape index (κ1) is 8.01. The summed E-state index contributed by atoms with van der Waals surface area (Å²) in [7, 11) is 0. The molecule has 0 bridgehead atoms. The van der Waals surface area contributed by atoms with Crippen molar-refractivity contribution in [3.63, 3.8) is 0 Å². The van der Waals surface area contributed by atoms with E-state index in [1.807, 2.05) is 0 Å². The largest absolute Gasteiger partial charge is 0.478 e. The lowest BCUT2D eigenvalue weighted by molar-refractivity contribution is -0.133. The molecule has 0 amide bonds. The molecule has 0 saturated heterocycles. The van der Waals surface area contributed by atoms with Crippen LogP contribution in [0.1, 0.15) is 13.3 Å². The molecule has 0 fully saturated rings. The van der Waals surface area contributed by atoms with Crippen molar-refractivity contribution in [2.45, 2.75) is 18.9 Å². The van der Waals surface area contributed by atoms with Crippen LogP contribution in [0.15, 0.2) is 23.8 Å². The van der Waals surface area contributed by atoms with Gasteiger partial charge in [0.2, 0.25) is 0 Å². The van der Waals surface area contributed by atoms with Gasteiger partial charge in [-0.15, -0.1) is 0 Å². The third kappa shape index (κ3) is 1.91. The Morgan fingerprint density at radius 2 is 2.36 bits per heavy atom. The SMILES string of the molecule is CC1(O)C=CC=C(C(=O)O)C1. The van der Waals surface area contributed by atoms with Crippen LogP contribution in [0, 0.1) is 0 Å². The minimum absolute atomic E-state index is 0.179. The lowest BCUT2D eigenvalue weighted by Gasteiger charge is -2.21. The maximum atomic E-state index is 10.4. The van der Waals surface area contributed by atoms with Crippen molar-refractivity contribution in [2.75, 3.05) is 0 Å². The van der Waals surface area contributed by atoms with E-state index in [0.717, 1.165) is 0 Å². The lowest BCUT2D eigenvalue weighted by atomic mass is 9.92. The van der Waals surface area contributed by atoms with Gasteiger partial charge in [-0.2, -0.15) is 0 Å². The predicted octanol–water partition coefficient (Wildman–Crippen LogP) is 0.708. The lowest BCUT2D eigenvalue weighted by Crippen LogP contribution is -2.25. The zero-order chi connectivity index (χ0) is 8.48. The molecule has 0 aromatic rings. The molecular weight excluding hydrogens is 144 g/mol. The first-order valence-corrected chi connectivity index (χ1v) is 3.35. The maximum Gasteiger partial charge on any atom is 0.331 e. The summed E-state index contributed by atoms with van der Waals surface area (Å²) in [4.78, 5) is 10.4.